The van der Waals surface area contributed by atoms with E-state index in [1.807, 2.05) is 0 Å². The number of likely N-dealkylation sites (tertiary alicyclic amines) is 1. The molecule has 2 N–H and O–H groups in total. The minimum Gasteiger partial charge on any atom is -0.449 e. The Morgan fingerprint density at radius 1 is 0.448 bits per heavy atom. The first-order valence-corrected chi connectivity index (χ1v) is 28.3. The van der Waals surface area contributed by atoms with E-state index in [0.717, 1.165) is 11.8 Å². The molecule has 0 aliphatic carbocycles. The van der Waals surface area contributed by atoms with Crippen LogP contribution in [-0.4, -0.2) is 57.9 Å². The summed E-state index contributed by atoms with van der Waals surface area (Å²) in [5.74, 6) is 1.75. The molecule has 1 aliphatic rings. The van der Waals surface area contributed by atoms with Crippen molar-refractivity contribution >= 4 is 24.6 Å². The summed E-state index contributed by atoms with van der Waals surface area (Å²) in [5.41, 5.74) is 1.13. The highest BCUT2D eigenvalue weighted by Crippen LogP contribution is 2.54. The van der Waals surface area contributed by atoms with E-state index in [1.165, 1.54) is 250 Å². The summed E-state index contributed by atoms with van der Waals surface area (Å²) in [7, 11) is 2.42. The van der Waals surface area contributed by atoms with Crippen LogP contribution in [0.25, 0.3) is 0 Å². The molecular formula is C57H109NO9. The lowest BCUT2D eigenvalue weighted by Crippen LogP contribution is -2.60. The third-order valence-electron chi connectivity index (χ3n) is 15.5. The molecule has 0 saturated carbocycles. The molecule has 1 saturated heterocycles. The largest absolute Gasteiger partial charge is 0.528 e. The molecule has 0 radical (unpaired) electrons. The Morgan fingerprint density at radius 2 is 0.687 bits per heavy atom. The molecule has 1 atom stereocenters. The molecule has 0 spiro atoms. The first kappa shape index (κ1) is 64.6. The van der Waals surface area contributed by atoms with Crippen LogP contribution in [0.3, 0.4) is 0 Å². The van der Waals surface area contributed by atoms with Gasteiger partial charge in [0.1, 0.15) is 0 Å². The Balaban J connectivity index is 0.00000289. The summed E-state index contributed by atoms with van der Waals surface area (Å²) < 4.78 is 9.92. The van der Waals surface area contributed by atoms with Crippen molar-refractivity contribution in [3.05, 3.63) is 0 Å². The average Bonchev–Trinajstić information content (AvgIpc) is 3.25. The Morgan fingerprint density at radius 3 is 0.910 bits per heavy atom. The molecule has 67 heavy (non-hydrogen) atoms. The first-order valence-electron chi connectivity index (χ1n) is 28.3. The predicted octanol–water partition coefficient (Wildman–Crippen LogP) is 19.6. The first-order chi connectivity index (χ1) is 32.0. The highest BCUT2D eigenvalue weighted by molar-refractivity contribution is 5.86. The number of ether oxygens (including phenoxy) is 3. The molecule has 0 aromatic rings. The van der Waals surface area contributed by atoms with Crippen molar-refractivity contribution in [1.29, 1.82) is 0 Å². The van der Waals surface area contributed by atoms with Crippen molar-refractivity contribution in [1.82, 2.24) is 4.90 Å². The fourth-order valence-corrected chi connectivity index (χ4v) is 11.6. The normalized spacial score (nSPS) is 15.4. The smallest absolute Gasteiger partial charge is 0.449 e. The van der Waals surface area contributed by atoms with E-state index in [9.17, 15) is 19.2 Å². The summed E-state index contributed by atoms with van der Waals surface area (Å²) >= 11 is 0. The third-order valence-corrected chi connectivity index (χ3v) is 15.5. The van der Waals surface area contributed by atoms with Crippen molar-refractivity contribution < 1.29 is 43.6 Å². The fourth-order valence-electron chi connectivity index (χ4n) is 11.6. The second kappa shape index (κ2) is 40.4. The van der Waals surface area contributed by atoms with E-state index in [1.54, 1.807) is 0 Å². The van der Waals surface area contributed by atoms with Gasteiger partial charge in [-0.15, -0.1) is 0 Å². The number of hydrogen-bond acceptors (Lipinski definition) is 8. The van der Waals surface area contributed by atoms with Gasteiger partial charge >= 0.3 is 24.6 Å². The number of rotatable bonds is 39. The zero-order chi connectivity index (χ0) is 50.2. The van der Waals surface area contributed by atoms with Crippen LogP contribution in [-0.2, 0) is 14.2 Å². The van der Waals surface area contributed by atoms with Crippen LogP contribution in [0.2, 0.25) is 0 Å². The number of carbonyl (C=O) groups is 4. The van der Waals surface area contributed by atoms with Crippen molar-refractivity contribution in [2.45, 2.75) is 317 Å². The molecule has 10 heteroatoms. The summed E-state index contributed by atoms with van der Waals surface area (Å²) in [6, 6.07) is 0. The molecule has 1 unspecified atom stereocenters. The second-order valence-electron chi connectivity index (χ2n) is 21.9. The Bertz CT molecular complexity index is 1130. The van der Waals surface area contributed by atoms with Crippen LogP contribution in [0, 0.1) is 17.3 Å². The van der Waals surface area contributed by atoms with Crippen LogP contribution in [0.1, 0.15) is 306 Å². The lowest BCUT2D eigenvalue weighted by Gasteiger charge is -2.57. The molecule has 0 aromatic heterocycles. The van der Waals surface area contributed by atoms with Crippen molar-refractivity contribution in [2.75, 3.05) is 7.05 Å². The number of unbranched alkanes of at least 4 members (excludes halogenated alkanes) is 30. The number of carboxylic acid groups (broad SMARTS) is 2. The highest BCUT2D eigenvalue weighted by Gasteiger charge is 2.49. The topological polar surface area (TPSA) is 140 Å². The Kier molecular flexibility index (Phi) is 39.0. The van der Waals surface area contributed by atoms with Gasteiger partial charge < -0.3 is 24.4 Å². The molecule has 1 fully saturated rings. The molecule has 396 valence electrons. The number of carbonyl (C=O) groups excluding carboxylic acids is 2. The predicted molar refractivity (Wildman–Crippen MR) is 278 cm³/mol. The van der Waals surface area contributed by atoms with Crippen LogP contribution >= 0.6 is 0 Å². The van der Waals surface area contributed by atoms with Crippen molar-refractivity contribution in [3.63, 3.8) is 0 Å². The summed E-state index contributed by atoms with van der Waals surface area (Å²) in [4.78, 5) is 42.2. The molecule has 0 bridgehead atoms. The minimum atomic E-state index is -2.01. The third kappa shape index (κ3) is 33.0. The number of piperidine rings is 1. The SMILES string of the molecule is CCCCCCCCCCCCCC(CCCCCCCCCCCCC)(CCCCCCCCCCCCC)C(CC)C1CC(C)(C)N(C)C(C)(C)C1.O=C(O)OC(=O)OC(=O)OC(=O)O. The fraction of sp³-hybridized carbons (Fsp3) is 0.930. The molecule has 1 heterocycles. The van der Waals surface area contributed by atoms with E-state index in [4.69, 9.17) is 10.2 Å². The standard InChI is InChI=1S/C53H107N.C4H2O9/c1-10-14-17-20-23-26-29-32-35-38-41-44-53(45-42-39-36-33-30-27-24-21-18-15-11-2,46-43-40-37-34-31-28-25-22-19-16-12-3)50(13-4)49-47-51(5,6)54(9)52(7,8)48-49;5-1(6)11-3(9)13-4(10)12-2(7)8/h49-50H,10-48H2,1-9H3;(H,5,6)(H,7,8). The molecule has 0 amide bonds. The van der Waals surface area contributed by atoms with Crippen molar-refractivity contribution in [3.8, 4) is 0 Å². The van der Waals surface area contributed by atoms with Gasteiger partial charge in [-0.05, 0) is 84.1 Å². The van der Waals surface area contributed by atoms with Gasteiger partial charge in [0, 0.05) is 11.1 Å². The van der Waals surface area contributed by atoms with Gasteiger partial charge in [-0.25, -0.2) is 19.2 Å². The van der Waals surface area contributed by atoms with Gasteiger partial charge in [0.15, 0.2) is 0 Å². The Hall–Kier alpha value is -2.36. The molecule has 0 aromatic carbocycles. The average molecular weight is 952 g/mol. The second-order valence-corrected chi connectivity index (χ2v) is 21.9. The quantitative estimate of drug-likeness (QED) is 0.0348. The van der Waals surface area contributed by atoms with E-state index in [2.05, 4.69) is 81.5 Å². The maximum absolute atomic E-state index is 10.1. The van der Waals surface area contributed by atoms with Gasteiger partial charge in [0.05, 0.1) is 0 Å². The zero-order valence-electron chi connectivity index (χ0n) is 45.4. The Labute approximate surface area is 413 Å². The van der Waals surface area contributed by atoms with Crippen LogP contribution in [0.15, 0.2) is 0 Å². The highest BCUT2D eigenvalue weighted by atomic mass is 16.9. The lowest BCUT2D eigenvalue weighted by atomic mass is 9.56. The van der Waals surface area contributed by atoms with E-state index < -0.39 is 24.6 Å². The van der Waals surface area contributed by atoms with Crippen LogP contribution in [0.4, 0.5) is 19.2 Å². The number of hydrogen-bond donors (Lipinski definition) is 2. The van der Waals surface area contributed by atoms with Gasteiger partial charge in [-0.2, -0.15) is 0 Å². The van der Waals surface area contributed by atoms with Gasteiger partial charge in [-0.1, -0.05) is 246 Å². The summed E-state index contributed by atoms with van der Waals surface area (Å²) in [5, 5.41) is 15.6. The molecular weight excluding hydrogens is 843 g/mol. The van der Waals surface area contributed by atoms with Crippen molar-refractivity contribution in [2.24, 2.45) is 17.3 Å². The monoisotopic (exact) mass is 952 g/mol. The number of nitrogens with zero attached hydrogens (tertiary/aromatic N) is 1. The summed E-state index contributed by atoms with van der Waals surface area (Å²) in [6.45, 7) is 19.9. The maximum Gasteiger partial charge on any atom is 0.528 e. The van der Waals surface area contributed by atoms with Crippen LogP contribution in [0.5, 0.6) is 0 Å². The van der Waals surface area contributed by atoms with Gasteiger partial charge in [0.25, 0.3) is 0 Å². The van der Waals surface area contributed by atoms with E-state index in [-0.39, 0.29) is 11.1 Å². The van der Waals surface area contributed by atoms with E-state index in [0.29, 0.717) is 5.41 Å². The van der Waals surface area contributed by atoms with E-state index >= 15 is 0 Å². The lowest BCUT2D eigenvalue weighted by molar-refractivity contribution is -0.0722. The van der Waals surface area contributed by atoms with Gasteiger partial charge in [0.2, 0.25) is 0 Å². The maximum atomic E-state index is 10.1. The van der Waals surface area contributed by atoms with Gasteiger partial charge in [-0.3, -0.25) is 4.90 Å². The van der Waals surface area contributed by atoms with Crippen LogP contribution < -0.4 is 0 Å². The minimum absolute atomic E-state index is 0.287. The molecule has 1 aliphatic heterocycles. The molecule has 1 rings (SSSR count). The molecule has 10 nitrogen and oxygen atoms in total. The zero-order valence-corrected chi connectivity index (χ0v) is 45.4. The summed E-state index contributed by atoms with van der Waals surface area (Å²) in [6.07, 6.45) is 49.2.